The maximum absolute atomic E-state index is 12.7. The van der Waals surface area contributed by atoms with Gasteiger partial charge in [-0.15, -0.1) is 0 Å². The van der Waals surface area contributed by atoms with E-state index in [-0.39, 0.29) is 5.91 Å². The molecule has 0 bridgehead atoms. The summed E-state index contributed by atoms with van der Waals surface area (Å²) in [5, 5.41) is 0. The summed E-state index contributed by atoms with van der Waals surface area (Å²) >= 11 is 6.53. The molecule has 2 heterocycles. The van der Waals surface area contributed by atoms with Crippen molar-refractivity contribution in [3.05, 3.63) is 88.7 Å². The number of halogens is 3. The zero-order valence-corrected chi connectivity index (χ0v) is 17.0. The summed E-state index contributed by atoms with van der Waals surface area (Å²) in [4.78, 5) is 14.7. The Balaban J connectivity index is 1.51. The van der Waals surface area contributed by atoms with E-state index in [0.29, 0.717) is 32.7 Å². The van der Waals surface area contributed by atoms with E-state index in [0.717, 1.165) is 17.7 Å². The molecule has 0 N–H and O–H groups in total. The van der Waals surface area contributed by atoms with Gasteiger partial charge in [-0.3, -0.25) is 9.69 Å². The Kier molecular flexibility index (Phi) is 5.53. The molecule has 3 aromatic rings. The van der Waals surface area contributed by atoms with Crippen molar-refractivity contribution >= 4 is 40.3 Å². The average molecular weight is 445 g/mol. The third-order valence-corrected chi connectivity index (χ3v) is 5.87. The number of rotatable bonds is 4. The van der Waals surface area contributed by atoms with E-state index in [4.69, 9.17) is 16.6 Å². The van der Waals surface area contributed by atoms with Gasteiger partial charge in [-0.25, -0.2) is 0 Å². The minimum absolute atomic E-state index is 0.207. The van der Waals surface area contributed by atoms with Crippen molar-refractivity contribution in [3.8, 4) is 11.1 Å². The number of hydrogen-bond acceptors (Lipinski definition) is 4. The zero-order valence-electron chi connectivity index (χ0n) is 15.3. The first-order chi connectivity index (χ1) is 14.3. The first-order valence-corrected chi connectivity index (χ1v) is 10.1. The fourth-order valence-electron chi connectivity index (χ4n) is 2.96. The molecule has 152 valence electrons. The first-order valence-electron chi connectivity index (χ1n) is 8.87. The van der Waals surface area contributed by atoms with Crippen LogP contribution in [-0.4, -0.2) is 15.1 Å². The lowest BCUT2D eigenvalue weighted by atomic mass is 10.1. The van der Waals surface area contributed by atoms with Crippen LogP contribution in [-0.2, 0) is 17.5 Å². The van der Waals surface area contributed by atoms with Crippen molar-refractivity contribution < 1.29 is 22.4 Å². The molecule has 8 heteroatoms. The molecule has 0 aliphatic carbocycles. The van der Waals surface area contributed by atoms with Crippen LogP contribution in [0, 0.1) is 0 Å². The van der Waals surface area contributed by atoms with Gasteiger partial charge in [-0.2, -0.15) is 13.2 Å². The highest BCUT2D eigenvalue weighted by Gasteiger charge is 2.32. The number of carbonyl (C=O) groups excluding carboxylic acids is 1. The number of alkyl halides is 3. The lowest BCUT2D eigenvalue weighted by molar-refractivity contribution is -0.137. The van der Waals surface area contributed by atoms with Crippen molar-refractivity contribution in [1.29, 1.82) is 0 Å². The predicted molar refractivity (Wildman–Crippen MR) is 114 cm³/mol. The molecule has 2 aromatic carbocycles. The summed E-state index contributed by atoms with van der Waals surface area (Å²) in [6.07, 6.45) is -1.34. The molecule has 0 saturated carbocycles. The highest BCUT2D eigenvalue weighted by atomic mass is 32.2. The van der Waals surface area contributed by atoms with Gasteiger partial charge in [0.2, 0.25) is 0 Å². The highest BCUT2D eigenvalue weighted by Crippen LogP contribution is 2.35. The molecule has 1 amide bonds. The fraction of sp³-hybridized carbons (Fsp3) is 0.0909. The number of nitrogens with zero attached hydrogens (tertiary/aromatic N) is 1. The number of hydrogen-bond donors (Lipinski definition) is 0. The molecule has 1 saturated heterocycles. The monoisotopic (exact) mass is 445 g/mol. The minimum atomic E-state index is -4.38. The van der Waals surface area contributed by atoms with Gasteiger partial charge < -0.3 is 4.42 Å². The van der Waals surface area contributed by atoms with E-state index in [9.17, 15) is 18.0 Å². The maximum Gasteiger partial charge on any atom is 0.416 e. The van der Waals surface area contributed by atoms with Crippen LogP contribution in [0.2, 0.25) is 0 Å². The Morgan fingerprint density at radius 1 is 1.03 bits per heavy atom. The Labute approximate surface area is 180 Å². The number of thioether (sulfide) groups is 1. The van der Waals surface area contributed by atoms with E-state index >= 15 is 0 Å². The minimum Gasteiger partial charge on any atom is -0.464 e. The Morgan fingerprint density at radius 2 is 1.73 bits per heavy atom. The van der Waals surface area contributed by atoms with Crippen LogP contribution in [0.4, 0.5) is 13.2 Å². The molecule has 4 rings (SSSR count). The summed E-state index contributed by atoms with van der Waals surface area (Å²) < 4.78 is 44.1. The number of furan rings is 1. The van der Waals surface area contributed by atoms with Crippen LogP contribution < -0.4 is 0 Å². The third kappa shape index (κ3) is 4.34. The first kappa shape index (κ1) is 20.4. The van der Waals surface area contributed by atoms with Crippen LogP contribution in [0.5, 0.6) is 0 Å². The Morgan fingerprint density at radius 3 is 2.40 bits per heavy atom. The highest BCUT2D eigenvalue weighted by molar-refractivity contribution is 8.26. The van der Waals surface area contributed by atoms with Crippen molar-refractivity contribution in [1.82, 2.24) is 4.90 Å². The molecule has 0 unspecified atom stereocenters. The van der Waals surface area contributed by atoms with Gasteiger partial charge in [0.25, 0.3) is 5.91 Å². The summed E-state index contributed by atoms with van der Waals surface area (Å²) in [6, 6.07) is 16.0. The second-order valence-corrected chi connectivity index (χ2v) is 8.24. The largest absolute Gasteiger partial charge is 0.464 e. The second-order valence-electron chi connectivity index (χ2n) is 6.57. The lowest BCUT2D eigenvalue weighted by Crippen LogP contribution is -2.27. The molecule has 30 heavy (non-hydrogen) atoms. The predicted octanol–water partition coefficient (Wildman–Crippen LogP) is 6.37. The van der Waals surface area contributed by atoms with Crippen molar-refractivity contribution in [2.75, 3.05) is 0 Å². The molecule has 1 aliphatic heterocycles. The van der Waals surface area contributed by atoms with Crippen molar-refractivity contribution in [2.24, 2.45) is 0 Å². The maximum atomic E-state index is 12.7. The zero-order chi connectivity index (χ0) is 21.3. The van der Waals surface area contributed by atoms with E-state index < -0.39 is 11.7 Å². The van der Waals surface area contributed by atoms with Gasteiger partial charge in [-0.05, 0) is 29.3 Å². The van der Waals surface area contributed by atoms with Crippen LogP contribution in [0.25, 0.3) is 17.2 Å². The van der Waals surface area contributed by atoms with E-state index in [1.54, 1.807) is 12.1 Å². The summed E-state index contributed by atoms with van der Waals surface area (Å²) in [7, 11) is 0. The molecule has 1 aliphatic rings. The molecule has 0 radical (unpaired) electrons. The normalized spacial score (nSPS) is 16.0. The van der Waals surface area contributed by atoms with Crippen molar-refractivity contribution in [2.45, 2.75) is 12.7 Å². The van der Waals surface area contributed by atoms with Gasteiger partial charge in [0.05, 0.1) is 23.3 Å². The third-order valence-electron chi connectivity index (χ3n) is 4.50. The molecule has 1 fully saturated rings. The van der Waals surface area contributed by atoms with Crippen molar-refractivity contribution in [3.63, 3.8) is 0 Å². The van der Waals surface area contributed by atoms with Crippen LogP contribution in [0.15, 0.2) is 76.2 Å². The SMILES string of the molecule is O=C1/C(=C/c2cc(-c3ccc(C(F)(F)F)cc3)co2)SC(=S)N1Cc1ccccc1. The number of thiocarbonyl (C=S) groups is 1. The molecular formula is C22H14F3NO2S2. The van der Waals surface area contributed by atoms with Crippen LogP contribution >= 0.6 is 24.0 Å². The van der Waals surface area contributed by atoms with Gasteiger partial charge in [0, 0.05) is 11.6 Å². The Hall–Kier alpha value is -2.84. The van der Waals surface area contributed by atoms with E-state index in [1.165, 1.54) is 35.1 Å². The van der Waals surface area contributed by atoms with Gasteiger partial charge in [-0.1, -0.05) is 66.4 Å². The smallest absolute Gasteiger partial charge is 0.416 e. The number of amides is 1. The Bertz CT molecular complexity index is 1120. The standard InChI is InChI=1S/C22H14F3NO2S2/c23-22(24,25)17-8-6-15(7-9-17)16-10-18(28-13-16)11-19-20(27)26(21(29)30-19)12-14-4-2-1-3-5-14/h1-11,13H,12H2/b19-11-. The number of benzene rings is 2. The van der Waals surface area contributed by atoms with E-state index in [1.807, 2.05) is 30.3 Å². The number of carbonyl (C=O) groups is 1. The molecule has 1 aromatic heterocycles. The molecule has 0 atom stereocenters. The second kappa shape index (κ2) is 8.12. The fourth-order valence-corrected chi connectivity index (χ4v) is 4.20. The quantitative estimate of drug-likeness (QED) is 0.345. The summed E-state index contributed by atoms with van der Waals surface area (Å²) in [5.41, 5.74) is 1.47. The van der Waals surface area contributed by atoms with Crippen LogP contribution in [0.3, 0.4) is 0 Å². The van der Waals surface area contributed by atoms with Gasteiger partial charge in [0.1, 0.15) is 10.1 Å². The topological polar surface area (TPSA) is 33.5 Å². The lowest BCUT2D eigenvalue weighted by Gasteiger charge is -2.14. The van der Waals surface area contributed by atoms with Crippen LogP contribution in [0.1, 0.15) is 16.9 Å². The molecular weight excluding hydrogens is 431 g/mol. The van der Waals surface area contributed by atoms with Gasteiger partial charge >= 0.3 is 6.18 Å². The summed E-state index contributed by atoms with van der Waals surface area (Å²) in [5.74, 6) is 0.214. The summed E-state index contributed by atoms with van der Waals surface area (Å²) in [6.45, 7) is 0.387. The molecule has 3 nitrogen and oxygen atoms in total. The van der Waals surface area contributed by atoms with E-state index in [2.05, 4.69) is 0 Å². The molecule has 0 spiro atoms. The average Bonchev–Trinajstić information content (AvgIpc) is 3.29. The van der Waals surface area contributed by atoms with Gasteiger partial charge in [0.15, 0.2) is 0 Å².